The highest BCUT2D eigenvalue weighted by molar-refractivity contribution is 6.31. The number of halogens is 1. The van der Waals surface area contributed by atoms with Crippen LogP contribution in [-0.4, -0.2) is 47.0 Å². The maximum atomic E-state index is 14.1. The lowest BCUT2D eigenvalue weighted by Gasteiger charge is -2.26. The lowest BCUT2D eigenvalue weighted by molar-refractivity contribution is -0.117. The Hall–Kier alpha value is -4.76. The van der Waals surface area contributed by atoms with Gasteiger partial charge in [0.05, 0.1) is 29.8 Å². The number of benzene rings is 3. The van der Waals surface area contributed by atoms with Gasteiger partial charge in [-0.25, -0.2) is 4.98 Å². The average molecular weight is 571 g/mol. The second kappa shape index (κ2) is 10.3. The molecule has 10 heteroatoms. The molecule has 5 aromatic rings. The maximum Gasteiger partial charge on any atom is 0.296 e. The number of methoxy groups -OCH3 is 1. The molecule has 6 rings (SSSR count). The molecule has 1 aliphatic rings. The Bertz CT molecular complexity index is 1800. The number of rotatable bonds is 8. The van der Waals surface area contributed by atoms with Gasteiger partial charge in [-0.2, -0.15) is 0 Å². The highest BCUT2D eigenvalue weighted by atomic mass is 35.5. The number of aromatic amines is 1. The van der Waals surface area contributed by atoms with E-state index < -0.39 is 23.5 Å². The second-order valence-corrected chi connectivity index (χ2v) is 10.1. The first kappa shape index (κ1) is 26.5. The molecule has 9 nitrogen and oxygen atoms in total. The van der Waals surface area contributed by atoms with Crippen LogP contribution in [0.2, 0.25) is 5.02 Å². The monoisotopic (exact) mass is 570 g/mol. The van der Waals surface area contributed by atoms with E-state index in [2.05, 4.69) is 28.7 Å². The van der Waals surface area contributed by atoms with Crippen molar-refractivity contribution in [2.75, 3.05) is 30.0 Å². The van der Waals surface area contributed by atoms with Crippen LogP contribution in [0.5, 0.6) is 5.75 Å². The summed E-state index contributed by atoms with van der Waals surface area (Å²) in [6.07, 6.45) is 0. The van der Waals surface area contributed by atoms with E-state index >= 15 is 0 Å². The van der Waals surface area contributed by atoms with Crippen molar-refractivity contribution in [3.05, 3.63) is 94.4 Å². The van der Waals surface area contributed by atoms with Crippen LogP contribution in [0.3, 0.4) is 0 Å². The molecule has 1 unspecified atom stereocenters. The van der Waals surface area contributed by atoms with E-state index in [-0.39, 0.29) is 17.3 Å². The normalized spacial score (nSPS) is 15.4. The van der Waals surface area contributed by atoms with Crippen molar-refractivity contribution >= 4 is 56.9 Å². The van der Waals surface area contributed by atoms with Gasteiger partial charge in [0, 0.05) is 35.3 Å². The number of imidazole rings is 1. The minimum absolute atomic E-state index is 0.0638. The standard InChI is InChI=1S/C31H27ClN4O5/c1-4-35(5-2)20-12-10-17(11-13-20)26-25(27(37)23-15-18-14-19(32)16-24(40-3)29(18)41-23)28(38)30(39)36(26)31-33-21-8-6-7-9-22(21)34-31/h6-16,26,38H,4-5H2,1-3H3,(H,33,34). The Kier molecular flexibility index (Phi) is 6.67. The summed E-state index contributed by atoms with van der Waals surface area (Å²) in [6.45, 7) is 5.80. The molecule has 208 valence electrons. The van der Waals surface area contributed by atoms with Gasteiger partial charge in [0.2, 0.25) is 11.7 Å². The average Bonchev–Trinajstić information content (AvgIpc) is 3.67. The van der Waals surface area contributed by atoms with Gasteiger partial charge in [-0.15, -0.1) is 0 Å². The molecule has 0 aliphatic carbocycles. The Labute approximate surface area is 240 Å². The van der Waals surface area contributed by atoms with E-state index in [9.17, 15) is 14.7 Å². The number of Topliss-reactive ketones (excluding diaryl/α,β-unsaturated/α-hetero) is 1. The Morgan fingerprint density at radius 1 is 1.12 bits per heavy atom. The highest BCUT2D eigenvalue weighted by Gasteiger charge is 2.46. The highest BCUT2D eigenvalue weighted by Crippen LogP contribution is 2.43. The fourth-order valence-electron chi connectivity index (χ4n) is 5.36. The molecule has 2 N–H and O–H groups in total. The lowest BCUT2D eigenvalue weighted by atomic mass is 9.95. The van der Waals surface area contributed by atoms with Crippen LogP contribution < -0.4 is 14.5 Å². The Morgan fingerprint density at radius 2 is 1.85 bits per heavy atom. The van der Waals surface area contributed by atoms with Crippen molar-refractivity contribution in [2.24, 2.45) is 0 Å². The zero-order valence-corrected chi connectivity index (χ0v) is 23.4. The number of para-hydroxylation sites is 2. The molecule has 3 heterocycles. The number of anilines is 2. The van der Waals surface area contributed by atoms with E-state index in [0.29, 0.717) is 38.3 Å². The van der Waals surface area contributed by atoms with Crippen molar-refractivity contribution in [3.63, 3.8) is 0 Å². The van der Waals surface area contributed by atoms with Crippen LogP contribution in [0.4, 0.5) is 11.6 Å². The number of aromatic nitrogens is 2. The van der Waals surface area contributed by atoms with E-state index in [4.69, 9.17) is 20.8 Å². The van der Waals surface area contributed by atoms with Crippen molar-refractivity contribution in [2.45, 2.75) is 19.9 Å². The minimum atomic E-state index is -0.972. The smallest absolute Gasteiger partial charge is 0.296 e. The van der Waals surface area contributed by atoms with E-state index in [0.717, 1.165) is 18.8 Å². The molecule has 0 radical (unpaired) electrons. The number of carbonyl (C=O) groups is 2. The molecule has 3 aromatic carbocycles. The number of H-pyrrole nitrogens is 1. The van der Waals surface area contributed by atoms with Gasteiger partial charge in [0.1, 0.15) is 0 Å². The van der Waals surface area contributed by atoms with Gasteiger partial charge in [-0.05, 0) is 55.8 Å². The number of ketones is 1. The summed E-state index contributed by atoms with van der Waals surface area (Å²) >= 11 is 6.22. The summed E-state index contributed by atoms with van der Waals surface area (Å²) < 4.78 is 11.3. The third-order valence-electron chi connectivity index (χ3n) is 7.39. The third kappa shape index (κ3) is 4.38. The summed E-state index contributed by atoms with van der Waals surface area (Å²) in [5, 5.41) is 12.2. The Balaban J connectivity index is 1.49. The summed E-state index contributed by atoms with van der Waals surface area (Å²) in [5.41, 5.74) is 3.20. The number of amides is 1. The summed E-state index contributed by atoms with van der Waals surface area (Å²) in [5.74, 6) is -1.55. The Morgan fingerprint density at radius 3 is 2.54 bits per heavy atom. The predicted molar refractivity (Wildman–Crippen MR) is 158 cm³/mol. The van der Waals surface area contributed by atoms with Crippen LogP contribution in [0.1, 0.15) is 36.0 Å². The third-order valence-corrected chi connectivity index (χ3v) is 7.60. The van der Waals surface area contributed by atoms with Crippen LogP contribution in [0.25, 0.3) is 22.0 Å². The molecule has 1 atom stereocenters. The topological polar surface area (TPSA) is 112 Å². The molecule has 0 fully saturated rings. The van der Waals surface area contributed by atoms with Gasteiger partial charge in [0.15, 0.2) is 22.9 Å². The molecular formula is C31H27ClN4O5. The zero-order valence-electron chi connectivity index (χ0n) is 22.6. The molecule has 2 aromatic heterocycles. The number of furan rings is 1. The van der Waals surface area contributed by atoms with Crippen LogP contribution in [0, 0.1) is 0 Å². The quantitative estimate of drug-likeness (QED) is 0.202. The molecule has 1 aliphatic heterocycles. The summed E-state index contributed by atoms with van der Waals surface area (Å²) in [7, 11) is 1.47. The first-order valence-corrected chi connectivity index (χ1v) is 13.6. The van der Waals surface area contributed by atoms with Crippen LogP contribution in [0.15, 0.2) is 82.5 Å². The number of nitrogens with zero attached hydrogens (tertiary/aromatic N) is 3. The van der Waals surface area contributed by atoms with Gasteiger partial charge in [-0.1, -0.05) is 35.9 Å². The number of nitrogens with one attached hydrogen (secondary N) is 1. The second-order valence-electron chi connectivity index (χ2n) is 9.65. The largest absolute Gasteiger partial charge is 0.503 e. The fourth-order valence-corrected chi connectivity index (χ4v) is 5.58. The number of aliphatic hydroxyl groups excluding tert-OH is 1. The number of ether oxygens (including phenoxy) is 1. The maximum absolute atomic E-state index is 14.1. The molecule has 1 amide bonds. The van der Waals surface area contributed by atoms with E-state index in [1.807, 2.05) is 48.5 Å². The van der Waals surface area contributed by atoms with Crippen LogP contribution in [-0.2, 0) is 4.79 Å². The number of aliphatic hydroxyl groups is 1. The van der Waals surface area contributed by atoms with Crippen molar-refractivity contribution in [1.29, 1.82) is 0 Å². The summed E-state index contributed by atoms with van der Waals surface area (Å²) in [4.78, 5) is 38.9. The first-order chi connectivity index (χ1) is 19.8. The van der Waals surface area contributed by atoms with Crippen molar-refractivity contribution in [3.8, 4) is 5.75 Å². The molecule has 0 saturated carbocycles. The first-order valence-electron chi connectivity index (χ1n) is 13.2. The molecule has 0 spiro atoms. The van der Waals surface area contributed by atoms with Gasteiger partial charge in [-0.3, -0.25) is 14.5 Å². The number of fused-ring (bicyclic) bond motifs is 2. The van der Waals surface area contributed by atoms with Crippen molar-refractivity contribution < 1.29 is 23.8 Å². The minimum Gasteiger partial charge on any atom is -0.503 e. The number of hydrogen-bond acceptors (Lipinski definition) is 7. The van der Waals surface area contributed by atoms with Crippen LogP contribution >= 0.6 is 11.6 Å². The summed E-state index contributed by atoms with van der Waals surface area (Å²) in [6, 6.07) is 18.7. The van der Waals surface area contributed by atoms with Gasteiger partial charge in [0.25, 0.3) is 5.91 Å². The molecule has 41 heavy (non-hydrogen) atoms. The number of carbonyl (C=O) groups excluding carboxylic acids is 2. The van der Waals surface area contributed by atoms with E-state index in [1.165, 1.54) is 18.1 Å². The fraction of sp³-hybridized carbons (Fsp3) is 0.194. The lowest BCUT2D eigenvalue weighted by Crippen LogP contribution is -2.32. The van der Waals surface area contributed by atoms with Gasteiger partial charge >= 0.3 is 0 Å². The van der Waals surface area contributed by atoms with Gasteiger partial charge < -0.3 is 24.1 Å². The molecular weight excluding hydrogens is 544 g/mol. The van der Waals surface area contributed by atoms with Crippen molar-refractivity contribution in [1.82, 2.24) is 9.97 Å². The molecule has 0 bridgehead atoms. The number of hydrogen-bond donors (Lipinski definition) is 2. The SMILES string of the molecule is CCN(CC)c1ccc(C2C(C(=O)c3cc4cc(Cl)cc(OC)c4o3)=C(O)C(=O)N2c2nc3ccccc3[nH]2)cc1. The predicted octanol–water partition coefficient (Wildman–Crippen LogP) is 6.60. The van der Waals surface area contributed by atoms with E-state index in [1.54, 1.807) is 12.1 Å². The zero-order chi connectivity index (χ0) is 28.8. The molecule has 0 saturated heterocycles.